The third-order valence-electron chi connectivity index (χ3n) is 3.01. The molecule has 8 heteroatoms. The zero-order chi connectivity index (χ0) is 14.8. The number of hydrogen-bond donors (Lipinski definition) is 1. The first kappa shape index (κ1) is 14.8. The lowest BCUT2D eigenvalue weighted by atomic mass is 10.2. The normalized spacial score (nSPS) is 16.9. The number of carboxylic acid groups (broad SMARTS) is 1. The summed E-state index contributed by atoms with van der Waals surface area (Å²) in [5.41, 5.74) is -0.179. The Morgan fingerprint density at radius 3 is 2.55 bits per heavy atom. The van der Waals surface area contributed by atoms with Gasteiger partial charge < -0.3 is 14.6 Å². The molecule has 1 saturated heterocycles. The van der Waals surface area contributed by atoms with Crippen molar-refractivity contribution < 1.29 is 27.8 Å². The Morgan fingerprint density at radius 2 is 2.00 bits per heavy atom. The van der Waals surface area contributed by atoms with E-state index in [1.165, 1.54) is 23.5 Å². The van der Waals surface area contributed by atoms with E-state index < -0.39 is 16.0 Å². The summed E-state index contributed by atoms with van der Waals surface area (Å²) in [6.45, 7) is 1.19. The summed E-state index contributed by atoms with van der Waals surface area (Å²) < 4.78 is 36.1. The maximum Gasteiger partial charge on any atom is 0.339 e. The molecule has 110 valence electrons. The number of methoxy groups -OCH3 is 1. The van der Waals surface area contributed by atoms with Crippen molar-refractivity contribution in [2.45, 2.75) is 4.90 Å². The molecule has 0 spiro atoms. The topological polar surface area (TPSA) is 93.1 Å². The van der Waals surface area contributed by atoms with Gasteiger partial charge in [-0.15, -0.1) is 0 Å². The largest absolute Gasteiger partial charge is 0.496 e. The molecule has 0 aromatic heterocycles. The highest BCUT2D eigenvalue weighted by molar-refractivity contribution is 7.89. The first-order chi connectivity index (χ1) is 9.46. The smallest absolute Gasteiger partial charge is 0.339 e. The number of carboxylic acids is 1. The molecule has 2 rings (SSSR count). The molecule has 0 radical (unpaired) electrons. The fourth-order valence-electron chi connectivity index (χ4n) is 1.95. The molecule has 1 fully saturated rings. The highest BCUT2D eigenvalue weighted by Gasteiger charge is 2.27. The molecule has 0 aliphatic carbocycles. The van der Waals surface area contributed by atoms with Crippen molar-refractivity contribution in [1.82, 2.24) is 4.31 Å². The van der Waals surface area contributed by atoms with E-state index in [2.05, 4.69) is 0 Å². The molecule has 1 heterocycles. The molecule has 1 aliphatic rings. The second-order valence-electron chi connectivity index (χ2n) is 4.18. The first-order valence-corrected chi connectivity index (χ1v) is 7.40. The van der Waals surface area contributed by atoms with Gasteiger partial charge in [-0.1, -0.05) is 0 Å². The van der Waals surface area contributed by atoms with Gasteiger partial charge in [-0.2, -0.15) is 4.31 Å². The molecular formula is C12H15NO6S. The third-order valence-corrected chi connectivity index (χ3v) is 4.90. The van der Waals surface area contributed by atoms with Crippen LogP contribution in [0.1, 0.15) is 10.4 Å². The van der Waals surface area contributed by atoms with Crippen LogP contribution in [-0.2, 0) is 14.8 Å². The van der Waals surface area contributed by atoms with Crippen molar-refractivity contribution in [1.29, 1.82) is 0 Å². The van der Waals surface area contributed by atoms with E-state index >= 15 is 0 Å². The zero-order valence-corrected chi connectivity index (χ0v) is 11.7. The van der Waals surface area contributed by atoms with Gasteiger partial charge in [0.15, 0.2) is 0 Å². The van der Waals surface area contributed by atoms with Gasteiger partial charge in [-0.3, -0.25) is 0 Å². The number of benzene rings is 1. The van der Waals surface area contributed by atoms with Crippen molar-refractivity contribution in [2.24, 2.45) is 0 Å². The van der Waals surface area contributed by atoms with Gasteiger partial charge in [0, 0.05) is 13.1 Å². The third kappa shape index (κ3) is 2.77. The summed E-state index contributed by atoms with van der Waals surface area (Å²) in [4.78, 5) is 11.1. The van der Waals surface area contributed by atoms with Gasteiger partial charge in [0.2, 0.25) is 10.0 Å². The van der Waals surface area contributed by atoms with Gasteiger partial charge in [0.05, 0.1) is 25.2 Å². The van der Waals surface area contributed by atoms with E-state index in [0.717, 1.165) is 6.07 Å². The van der Waals surface area contributed by atoms with Gasteiger partial charge >= 0.3 is 5.97 Å². The first-order valence-electron chi connectivity index (χ1n) is 5.96. The molecule has 20 heavy (non-hydrogen) atoms. The lowest BCUT2D eigenvalue weighted by molar-refractivity contribution is 0.0692. The van der Waals surface area contributed by atoms with Crippen LogP contribution in [0.2, 0.25) is 0 Å². The fraction of sp³-hybridized carbons (Fsp3) is 0.417. The minimum atomic E-state index is -3.71. The SMILES string of the molecule is COc1ccc(S(=O)(=O)N2CCOCC2)cc1C(=O)O. The average Bonchev–Trinajstić information content (AvgIpc) is 2.47. The van der Waals surface area contributed by atoms with Crippen LogP contribution in [-0.4, -0.2) is 57.2 Å². The minimum Gasteiger partial charge on any atom is -0.496 e. The molecule has 7 nitrogen and oxygen atoms in total. The number of aromatic carboxylic acids is 1. The van der Waals surface area contributed by atoms with E-state index in [-0.39, 0.29) is 29.3 Å². The predicted molar refractivity (Wildman–Crippen MR) is 69.5 cm³/mol. The van der Waals surface area contributed by atoms with Crippen LogP contribution < -0.4 is 4.74 Å². The maximum atomic E-state index is 12.4. The monoisotopic (exact) mass is 301 g/mol. The standard InChI is InChI=1S/C12H15NO6S/c1-18-11-3-2-9(8-10(11)12(14)15)20(16,17)13-4-6-19-7-5-13/h2-3,8H,4-7H2,1H3,(H,14,15). The molecule has 0 saturated carbocycles. The van der Waals surface area contributed by atoms with E-state index in [0.29, 0.717) is 13.2 Å². The Kier molecular flexibility index (Phi) is 4.26. The Hall–Kier alpha value is -1.64. The molecule has 0 amide bonds. The van der Waals surface area contributed by atoms with Gasteiger partial charge in [-0.25, -0.2) is 13.2 Å². The maximum absolute atomic E-state index is 12.4. The number of sulfonamides is 1. The van der Waals surface area contributed by atoms with Crippen molar-refractivity contribution in [2.75, 3.05) is 33.4 Å². The summed E-state index contributed by atoms with van der Waals surface area (Å²) in [7, 11) is -2.38. The van der Waals surface area contributed by atoms with Crippen LogP contribution in [0.5, 0.6) is 5.75 Å². The number of carbonyl (C=O) groups is 1. The van der Waals surface area contributed by atoms with Crippen molar-refractivity contribution >= 4 is 16.0 Å². The number of rotatable bonds is 4. The molecule has 0 unspecified atom stereocenters. The van der Waals surface area contributed by atoms with E-state index in [1.54, 1.807) is 0 Å². The van der Waals surface area contributed by atoms with Crippen LogP contribution >= 0.6 is 0 Å². The number of morpholine rings is 1. The van der Waals surface area contributed by atoms with Gasteiger partial charge in [0.25, 0.3) is 0 Å². The summed E-state index contributed by atoms with van der Waals surface area (Å²) in [5, 5.41) is 9.09. The van der Waals surface area contributed by atoms with Crippen LogP contribution in [0.25, 0.3) is 0 Å². The Balaban J connectivity index is 2.41. The lowest BCUT2D eigenvalue weighted by Gasteiger charge is -2.26. The Bertz CT molecular complexity index is 606. The minimum absolute atomic E-state index is 0.0578. The summed E-state index contributed by atoms with van der Waals surface area (Å²) in [6, 6.07) is 3.80. The predicted octanol–water partition coefficient (Wildman–Crippen LogP) is 0.414. The quantitative estimate of drug-likeness (QED) is 0.866. The number of nitrogens with zero attached hydrogens (tertiary/aromatic N) is 1. The second kappa shape index (κ2) is 5.78. The summed E-state index contributed by atoms with van der Waals surface area (Å²) >= 11 is 0. The van der Waals surface area contributed by atoms with Gasteiger partial charge in [-0.05, 0) is 18.2 Å². The molecule has 1 N–H and O–H groups in total. The molecule has 1 aliphatic heterocycles. The van der Waals surface area contributed by atoms with Gasteiger partial charge in [0.1, 0.15) is 11.3 Å². The summed E-state index contributed by atoms with van der Waals surface area (Å²) in [5.74, 6) is -1.11. The zero-order valence-electron chi connectivity index (χ0n) is 10.9. The Morgan fingerprint density at radius 1 is 1.35 bits per heavy atom. The number of ether oxygens (including phenoxy) is 2. The van der Waals surface area contributed by atoms with Crippen molar-refractivity contribution in [3.05, 3.63) is 23.8 Å². The highest BCUT2D eigenvalue weighted by atomic mass is 32.2. The fourth-order valence-corrected chi connectivity index (χ4v) is 3.39. The van der Waals surface area contributed by atoms with E-state index in [4.69, 9.17) is 14.6 Å². The van der Waals surface area contributed by atoms with Crippen molar-refractivity contribution in [3.8, 4) is 5.75 Å². The van der Waals surface area contributed by atoms with Crippen LogP contribution in [0.4, 0.5) is 0 Å². The summed E-state index contributed by atoms with van der Waals surface area (Å²) in [6.07, 6.45) is 0. The molecule has 0 atom stereocenters. The highest BCUT2D eigenvalue weighted by Crippen LogP contribution is 2.25. The van der Waals surface area contributed by atoms with Crippen LogP contribution in [0, 0.1) is 0 Å². The molecule has 1 aromatic carbocycles. The molecule has 1 aromatic rings. The average molecular weight is 301 g/mol. The van der Waals surface area contributed by atoms with E-state index in [1.807, 2.05) is 0 Å². The van der Waals surface area contributed by atoms with E-state index in [9.17, 15) is 13.2 Å². The Labute approximate surface area is 116 Å². The van der Waals surface area contributed by atoms with Crippen LogP contribution in [0.3, 0.4) is 0 Å². The molecule has 0 bridgehead atoms. The lowest BCUT2D eigenvalue weighted by Crippen LogP contribution is -2.40. The second-order valence-corrected chi connectivity index (χ2v) is 6.12. The van der Waals surface area contributed by atoms with Crippen LogP contribution in [0.15, 0.2) is 23.1 Å². The molecular weight excluding hydrogens is 286 g/mol. The van der Waals surface area contributed by atoms with Crippen molar-refractivity contribution in [3.63, 3.8) is 0 Å². The number of hydrogen-bond acceptors (Lipinski definition) is 5.